The van der Waals surface area contributed by atoms with Crippen LogP contribution in [0.2, 0.25) is 0 Å². The molecule has 0 aliphatic carbocycles. The number of amides is 4. The maximum atomic E-state index is 13.3. The number of nitrogens with zero attached hydrogens (tertiary/aromatic N) is 1. The summed E-state index contributed by atoms with van der Waals surface area (Å²) in [7, 11) is 0. The quantitative estimate of drug-likeness (QED) is 0.286. The molecule has 7 nitrogen and oxygen atoms in total. The number of carbonyl (C=O) groups is 3. The van der Waals surface area contributed by atoms with E-state index in [1.165, 1.54) is 18.2 Å². The molecule has 0 radical (unpaired) electrons. The number of ether oxygens (including phenoxy) is 2. The van der Waals surface area contributed by atoms with Crippen molar-refractivity contribution in [2.24, 2.45) is 0 Å². The fourth-order valence-corrected chi connectivity index (χ4v) is 4.13. The Morgan fingerprint density at radius 3 is 2.32 bits per heavy atom. The maximum absolute atomic E-state index is 13.3. The van der Waals surface area contributed by atoms with Gasteiger partial charge in [-0.25, -0.2) is 14.1 Å². The number of hydrogen-bond donors (Lipinski definition) is 1. The Hall–Kier alpha value is -3.98. The molecular formula is C28H24BrFN2O5. The van der Waals surface area contributed by atoms with Gasteiger partial charge in [-0.2, -0.15) is 0 Å². The summed E-state index contributed by atoms with van der Waals surface area (Å²) in [5.41, 5.74) is 3.32. The summed E-state index contributed by atoms with van der Waals surface area (Å²) in [6, 6.07) is 13.6. The highest BCUT2D eigenvalue weighted by Gasteiger charge is 2.37. The number of carbonyl (C=O) groups excluding carboxylic acids is 3. The summed E-state index contributed by atoms with van der Waals surface area (Å²) < 4.78 is 25.3. The molecule has 37 heavy (non-hydrogen) atoms. The highest BCUT2D eigenvalue weighted by atomic mass is 79.9. The van der Waals surface area contributed by atoms with Crippen LogP contribution in [0.15, 0.2) is 64.6 Å². The van der Waals surface area contributed by atoms with Crippen LogP contribution < -0.4 is 19.7 Å². The maximum Gasteiger partial charge on any atom is 0.335 e. The van der Waals surface area contributed by atoms with E-state index in [4.69, 9.17) is 9.47 Å². The molecule has 1 aliphatic rings. The SMILES string of the molecule is CCOc1cc(/C=C2\C(=O)NC(=O)N(c3ccc(C)c(C)c3)C2=O)c(Br)cc1OCc1ccc(F)cc1. The molecule has 4 amide bonds. The smallest absolute Gasteiger partial charge is 0.335 e. The van der Waals surface area contributed by atoms with E-state index in [-0.39, 0.29) is 18.0 Å². The lowest BCUT2D eigenvalue weighted by Crippen LogP contribution is -2.54. The lowest BCUT2D eigenvalue weighted by molar-refractivity contribution is -0.122. The third kappa shape index (κ3) is 5.72. The van der Waals surface area contributed by atoms with E-state index < -0.39 is 17.8 Å². The lowest BCUT2D eigenvalue weighted by atomic mass is 10.0. The lowest BCUT2D eigenvalue weighted by Gasteiger charge is -2.27. The summed E-state index contributed by atoms with van der Waals surface area (Å²) in [5.74, 6) is -1.05. The molecule has 0 aromatic heterocycles. The fraction of sp³-hybridized carbons (Fsp3) is 0.179. The van der Waals surface area contributed by atoms with E-state index in [0.717, 1.165) is 21.6 Å². The van der Waals surface area contributed by atoms with Gasteiger partial charge in [0.1, 0.15) is 18.0 Å². The van der Waals surface area contributed by atoms with Gasteiger partial charge < -0.3 is 9.47 Å². The molecule has 190 valence electrons. The zero-order valence-corrected chi connectivity index (χ0v) is 22.0. The van der Waals surface area contributed by atoms with Gasteiger partial charge in [-0.1, -0.05) is 34.1 Å². The van der Waals surface area contributed by atoms with Crippen molar-refractivity contribution in [2.45, 2.75) is 27.4 Å². The summed E-state index contributed by atoms with van der Waals surface area (Å²) in [6.45, 7) is 6.14. The number of imide groups is 2. The first-order valence-corrected chi connectivity index (χ1v) is 12.3. The molecule has 1 aliphatic heterocycles. The van der Waals surface area contributed by atoms with Crippen LogP contribution in [0.5, 0.6) is 11.5 Å². The van der Waals surface area contributed by atoms with Gasteiger partial charge in [-0.05, 0) is 85.5 Å². The van der Waals surface area contributed by atoms with Crippen LogP contribution in [0.3, 0.4) is 0 Å². The van der Waals surface area contributed by atoms with Crippen molar-refractivity contribution in [1.82, 2.24) is 5.32 Å². The van der Waals surface area contributed by atoms with Crippen molar-refractivity contribution in [3.63, 3.8) is 0 Å². The van der Waals surface area contributed by atoms with Crippen molar-refractivity contribution >= 4 is 45.5 Å². The van der Waals surface area contributed by atoms with Gasteiger partial charge in [0.2, 0.25) is 0 Å². The minimum atomic E-state index is -0.811. The van der Waals surface area contributed by atoms with E-state index in [1.807, 2.05) is 20.8 Å². The molecule has 9 heteroatoms. The molecule has 0 unspecified atom stereocenters. The van der Waals surface area contributed by atoms with Gasteiger partial charge in [0, 0.05) is 4.47 Å². The van der Waals surface area contributed by atoms with Crippen LogP contribution in [0.1, 0.15) is 29.2 Å². The molecule has 0 bridgehead atoms. The van der Waals surface area contributed by atoms with E-state index in [1.54, 1.807) is 42.5 Å². The van der Waals surface area contributed by atoms with Crippen LogP contribution >= 0.6 is 15.9 Å². The Bertz CT molecular complexity index is 1420. The van der Waals surface area contributed by atoms with Gasteiger partial charge in [-0.15, -0.1) is 0 Å². The van der Waals surface area contributed by atoms with E-state index in [0.29, 0.717) is 33.8 Å². The van der Waals surface area contributed by atoms with Crippen LogP contribution in [0, 0.1) is 19.7 Å². The largest absolute Gasteiger partial charge is 0.490 e. The number of nitrogens with one attached hydrogen (secondary N) is 1. The minimum absolute atomic E-state index is 0.182. The predicted octanol–water partition coefficient (Wildman–Crippen LogP) is 5.85. The van der Waals surface area contributed by atoms with Crippen LogP contribution in [-0.4, -0.2) is 24.5 Å². The molecule has 1 saturated heterocycles. The number of aryl methyl sites for hydroxylation is 2. The minimum Gasteiger partial charge on any atom is -0.490 e. The van der Waals surface area contributed by atoms with Crippen molar-refractivity contribution in [3.05, 3.63) is 92.7 Å². The van der Waals surface area contributed by atoms with Gasteiger partial charge in [-0.3, -0.25) is 14.9 Å². The van der Waals surface area contributed by atoms with Gasteiger partial charge >= 0.3 is 6.03 Å². The molecule has 1 N–H and O–H groups in total. The summed E-state index contributed by atoms with van der Waals surface area (Å²) in [4.78, 5) is 39.4. The Balaban J connectivity index is 1.66. The average Bonchev–Trinajstić information content (AvgIpc) is 2.85. The first-order chi connectivity index (χ1) is 17.7. The molecule has 0 saturated carbocycles. The van der Waals surface area contributed by atoms with Crippen LogP contribution in [0.25, 0.3) is 6.08 Å². The standard InChI is InChI=1S/C28H24BrFN2O5/c1-4-36-24-13-19(23(29)14-25(24)37-15-18-6-8-20(30)9-7-18)12-22-26(33)31-28(35)32(27(22)34)21-10-5-16(2)17(3)11-21/h5-14H,4,15H2,1-3H3,(H,31,33,35)/b22-12+. The number of rotatable bonds is 7. The van der Waals surface area contributed by atoms with E-state index >= 15 is 0 Å². The zero-order valence-electron chi connectivity index (χ0n) is 20.4. The second-order valence-corrected chi connectivity index (χ2v) is 9.25. The number of barbiturate groups is 1. The van der Waals surface area contributed by atoms with Gasteiger partial charge in [0.05, 0.1) is 12.3 Å². The normalized spacial score (nSPS) is 14.7. The summed E-state index contributed by atoms with van der Waals surface area (Å²) in [5, 5.41) is 2.24. The van der Waals surface area contributed by atoms with Gasteiger partial charge in [0.15, 0.2) is 11.5 Å². The topological polar surface area (TPSA) is 84.9 Å². The molecule has 1 fully saturated rings. The zero-order chi connectivity index (χ0) is 26.7. The van der Waals surface area contributed by atoms with Crippen LogP contribution in [0.4, 0.5) is 14.9 Å². The Kier molecular flexibility index (Phi) is 7.73. The average molecular weight is 567 g/mol. The second kappa shape index (κ2) is 11.0. The third-order valence-electron chi connectivity index (χ3n) is 5.82. The first kappa shape index (κ1) is 26.1. The van der Waals surface area contributed by atoms with E-state index in [2.05, 4.69) is 21.2 Å². The fourth-order valence-electron chi connectivity index (χ4n) is 3.70. The molecule has 3 aromatic carbocycles. The van der Waals surface area contributed by atoms with Crippen molar-refractivity contribution in [2.75, 3.05) is 11.5 Å². The Morgan fingerprint density at radius 2 is 1.65 bits per heavy atom. The van der Waals surface area contributed by atoms with Crippen molar-refractivity contribution in [3.8, 4) is 11.5 Å². The third-order valence-corrected chi connectivity index (χ3v) is 6.51. The predicted molar refractivity (Wildman–Crippen MR) is 141 cm³/mol. The Labute approximate surface area is 222 Å². The number of anilines is 1. The summed E-state index contributed by atoms with van der Waals surface area (Å²) in [6.07, 6.45) is 1.40. The molecule has 4 rings (SSSR count). The molecular weight excluding hydrogens is 543 g/mol. The highest BCUT2D eigenvalue weighted by Crippen LogP contribution is 2.36. The first-order valence-electron chi connectivity index (χ1n) is 11.5. The number of benzene rings is 3. The molecule has 3 aromatic rings. The van der Waals surface area contributed by atoms with Gasteiger partial charge in [0.25, 0.3) is 11.8 Å². The second-order valence-electron chi connectivity index (χ2n) is 8.40. The number of hydrogen-bond acceptors (Lipinski definition) is 5. The molecule has 0 atom stereocenters. The molecule has 1 heterocycles. The van der Waals surface area contributed by atoms with Crippen molar-refractivity contribution in [1.29, 1.82) is 0 Å². The van der Waals surface area contributed by atoms with Crippen molar-refractivity contribution < 1.29 is 28.2 Å². The monoisotopic (exact) mass is 566 g/mol. The summed E-state index contributed by atoms with van der Waals surface area (Å²) >= 11 is 3.47. The number of urea groups is 1. The molecule has 0 spiro atoms. The highest BCUT2D eigenvalue weighted by molar-refractivity contribution is 9.10. The van der Waals surface area contributed by atoms with E-state index in [9.17, 15) is 18.8 Å². The Morgan fingerprint density at radius 1 is 0.946 bits per heavy atom. The number of halogens is 2. The van der Waals surface area contributed by atoms with Crippen LogP contribution in [-0.2, 0) is 16.2 Å².